The predicted octanol–water partition coefficient (Wildman–Crippen LogP) is 2.77. The summed E-state index contributed by atoms with van der Waals surface area (Å²) in [5.41, 5.74) is 2.75. The van der Waals surface area contributed by atoms with Gasteiger partial charge in [-0.25, -0.2) is 10.3 Å². The monoisotopic (exact) mass is 423 g/mol. The minimum absolute atomic E-state index is 0.0408. The van der Waals surface area contributed by atoms with Crippen molar-refractivity contribution in [1.82, 2.24) is 5.48 Å². The van der Waals surface area contributed by atoms with Gasteiger partial charge in [-0.05, 0) is 69.3 Å². The van der Waals surface area contributed by atoms with Gasteiger partial charge in [0, 0.05) is 12.6 Å². The molecule has 0 aromatic heterocycles. The molecule has 170 valence electrons. The molecule has 0 bridgehead atoms. The molecule has 4 unspecified atom stereocenters. The Morgan fingerprint density at radius 1 is 1.17 bits per heavy atom. The molecule has 1 saturated carbocycles. The second-order valence-electron chi connectivity index (χ2n) is 8.83. The summed E-state index contributed by atoms with van der Waals surface area (Å²) in [6.07, 6.45) is 5.13. The fraction of sp³-hybridized carbons (Fsp3) is 0.696. The summed E-state index contributed by atoms with van der Waals surface area (Å²) in [6, 6.07) is 9.92. The molecular formula is C23H37NO6. The number of ether oxygens (including phenoxy) is 1. The molecule has 7 nitrogen and oxygen atoms in total. The number of aliphatic carboxylic acids is 1. The first kappa shape index (κ1) is 24.8. The van der Waals surface area contributed by atoms with Crippen LogP contribution in [0.1, 0.15) is 57.4 Å². The first-order chi connectivity index (χ1) is 14.3. The van der Waals surface area contributed by atoms with E-state index in [0.717, 1.165) is 32.1 Å². The lowest BCUT2D eigenvalue weighted by atomic mass is 9.81. The van der Waals surface area contributed by atoms with Gasteiger partial charge < -0.3 is 25.3 Å². The standard InChI is InChI=1S/C23H37NO6/c1-23(28,12-10-17-7-3-2-4-8-17)13-11-18-19(21(25)15-20(18)24-29)9-5-6-14-30-16-22(26)27/h2-4,7-8,18-21,24-25,28-29H,5-6,9-16H2,1H3,(H,26,27)/t18?,19?,20?,21-,23?/m0/s1. The fourth-order valence-electron chi connectivity index (χ4n) is 4.57. The van der Waals surface area contributed by atoms with E-state index >= 15 is 0 Å². The number of carboxylic acids is 1. The largest absolute Gasteiger partial charge is 0.480 e. The van der Waals surface area contributed by atoms with Crippen molar-refractivity contribution in [1.29, 1.82) is 0 Å². The lowest BCUT2D eigenvalue weighted by Gasteiger charge is -2.30. The Balaban J connectivity index is 1.81. The van der Waals surface area contributed by atoms with E-state index < -0.39 is 17.7 Å². The summed E-state index contributed by atoms with van der Waals surface area (Å²) in [5.74, 6) is -0.857. The van der Waals surface area contributed by atoms with E-state index in [0.29, 0.717) is 25.9 Å². The van der Waals surface area contributed by atoms with Gasteiger partial charge in [0.05, 0.1) is 11.7 Å². The van der Waals surface area contributed by atoms with E-state index in [4.69, 9.17) is 9.84 Å². The minimum atomic E-state index is -0.975. The molecule has 1 aliphatic rings. The molecule has 1 aliphatic carbocycles. The van der Waals surface area contributed by atoms with Crippen molar-refractivity contribution in [2.45, 2.75) is 76.0 Å². The predicted molar refractivity (Wildman–Crippen MR) is 113 cm³/mol. The number of benzene rings is 1. The Hall–Kier alpha value is -1.51. The SMILES string of the molecule is CC(O)(CCc1ccccc1)CCC1C(NO)C[C@H](O)C1CCCCOCC(=O)O. The van der Waals surface area contributed by atoms with Crippen LogP contribution in [0.15, 0.2) is 30.3 Å². The maximum atomic E-state index is 10.9. The Morgan fingerprint density at radius 3 is 2.57 bits per heavy atom. The molecule has 7 heteroatoms. The van der Waals surface area contributed by atoms with Crippen molar-refractivity contribution in [3.8, 4) is 0 Å². The van der Waals surface area contributed by atoms with Gasteiger partial charge in [0.2, 0.25) is 0 Å². The average molecular weight is 424 g/mol. The van der Waals surface area contributed by atoms with Crippen molar-refractivity contribution < 1.29 is 30.1 Å². The third-order valence-corrected chi connectivity index (χ3v) is 6.34. The topological polar surface area (TPSA) is 119 Å². The van der Waals surface area contributed by atoms with Gasteiger partial charge in [0.1, 0.15) is 6.61 Å². The van der Waals surface area contributed by atoms with Crippen LogP contribution in [0.5, 0.6) is 0 Å². The summed E-state index contributed by atoms with van der Waals surface area (Å²) >= 11 is 0. The van der Waals surface area contributed by atoms with E-state index in [9.17, 15) is 20.2 Å². The molecule has 1 fully saturated rings. The van der Waals surface area contributed by atoms with Gasteiger partial charge in [-0.1, -0.05) is 36.8 Å². The van der Waals surface area contributed by atoms with Crippen LogP contribution in [0, 0.1) is 11.8 Å². The third kappa shape index (κ3) is 8.32. The normalized spacial score (nSPS) is 25.9. The molecule has 0 aliphatic heterocycles. The number of carbonyl (C=O) groups is 1. The van der Waals surface area contributed by atoms with E-state index in [1.54, 1.807) is 0 Å². The molecule has 1 aromatic carbocycles. The van der Waals surface area contributed by atoms with Crippen LogP contribution >= 0.6 is 0 Å². The van der Waals surface area contributed by atoms with Crippen LogP contribution in [0.2, 0.25) is 0 Å². The highest BCUT2D eigenvalue weighted by Crippen LogP contribution is 2.40. The smallest absolute Gasteiger partial charge is 0.329 e. The van der Waals surface area contributed by atoms with Crippen molar-refractivity contribution >= 4 is 5.97 Å². The van der Waals surface area contributed by atoms with Crippen molar-refractivity contribution in [3.63, 3.8) is 0 Å². The highest BCUT2D eigenvalue weighted by atomic mass is 16.5. The molecule has 5 N–H and O–H groups in total. The van der Waals surface area contributed by atoms with Gasteiger partial charge in [0.15, 0.2) is 0 Å². The average Bonchev–Trinajstić information content (AvgIpc) is 3.03. The zero-order valence-electron chi connectivity index (χ0n) is 17.9. The Labute approximate surface area is 179 Å². The number of hydroxylamine groups is 1. The molecule has 0 radical (unpaired) electrons. The van der Waals surface area contributed by atoms with E-state index in [1.165, 1.54) is 5.56 Å². The van der Waals surface area contributed by atoms with Gasteiger partial charge in [0.25, 0.3) is 0 Å². The Bertz CT molecular complexity index is 623. The van der Waals surface area contributed by atoms with E-state index in [1.807, 2.05) is 25.1 Å². The number of aryl methyl sites for hydroxylation is 1. The summed E-state index contributed by atoms with van der Waals surface area (Å²) in [7, 11) is 0. The van der Waals surface area contributed by atoms with Crippen LogP contribution in [0.4, 0.5) is 0 Å². The quantitative estimate of drug-likeness (QED) is 0.231. The first-order valence-corrected chi connectivity index (χ1v) is 11.0. The van der Waals surface area contributed by atoms with Gasteiger partial charge in [-0.3, -0.25) is 0 Å². The van der Waals surface area contributed by atoms with Gasteiger partial charge in [-0.2, -0.15) is 0 Å². The van der Waals surface area contributed by atoms with Crippen LogP contribution in [0.3, 0.4) is 0 Å². The number of hydrogen-bond donors (Lipinski definition) is 5. The molecular weight excluding hydrogens is 386 g/mol. The van der Waals surface area contributed by atoms with E-state index in [-0.39, 0.29) is 24.5 Å². The maximum Gasteiger partial charge on any atom is 0.329 e. The number of unbranched alkanes of at least 4 members (excludes halogenated alkanes) is 1. The number of nitrogens with one attached hydrogen (secondary N) is 1. The number of hydrogen-bond acceptors (Lipinski definition) is 6. The van der Waals surface area contributed by atoms with Gasteiger partial charge in [-0.15, -0.1) is 0 Å². The third-order valence-electron chi connectivity index (χ3n) is 6.34. The summed E-state index contributed by atoms with van der Waals surface area (Å²) in [6.45, 7) is 1.95. The molecule has 2 rings (SSSR count). The second-order valence-corrected chi connectivity index (χ2v) is 8.83. The summed E-state index contributed by atoms with van der Waals surface area (Å²) in [4.78, 5) is 10.5. The number of aliphatic hydroxyl groups is 2. The lowest BCUT2D eigenvalue weighted by Crippen LogP contribution is -2.34. The Morgan fingerprint density at radius 2 is 1.90 bits per heavy atom. The van der Waals surface area contributed by atoms with Crippen LogP contribution in [-0.2, 0) is 16.0 Å². The fourth-order valence-corrected chi connectivity index (χ4v) is 4.57. The van der Waals surface area contributed by atoms with Crippen LogP contribution < -0.4 is 5.48 Å². The first-order valence-electron chi connectivity index (χ1n) is 11.0. The van der Waals surface area contributed by atoms with Crippen molar-refractivity contribution in [2.75, 3.05) is 13.2 Å². The maximum absolute atomic E-state index is 10.9. The van der Waals surface area contributed by atoms with Gasteiger partial charge >= 0.3 is 5.97 Å². The molecule has 5 atom stereocenters. The number of carboxylic acid groups (broad SMARTS) is 1. The highest BCUT2D eigenvalue weighted by Gasteiger charge is 2.42. The molecule has 1 aromatic rings. The van der Waals surface area contributed by atoms with Crippen molar-refractivity contribution in [2.24, 2.45) is 11.8 Å². The molecule has 0 heterocycles. The lowest BCUT2D eigenvalue weighted by molar-refractivity contribution is -0.142. The molecule has 0 amide bonds. The number of aliphatic hydroxyl groups excluding tert-OH is 1. The van der Waals surface area contributed by atoms with Crippen LogP contribution in [0.25, 0.3) is 0 Å². The second kappa shape index (κ2) is 12.4. The summed E-state index contributed by atoms with van der Waals surface area (Å²) < 4.78 is 5.06. The molecule has 0 spiro atoms. The summed E-state index contributed by atoms with van der Waals surface area (Å²) in [5, 5.41) is 39.5. The highest BCUT2D eigenvalue weighted by molar-refractivity contribution is 5.67. The molecule has 0 saturated heterocycles. The minimum Gasteiger partial charge on any atom is -0.480 e. The number of rotatable bonds is 14. The Kier molecular flexibility index (Phi) is 10.2. The van der Waals surface area contributed by atoms with Crippen LogP contribution in [-0.4, -0.2) is 57.5 Å². The van der Waals surface area contributed by atoms with Crippen molar-refractivity contribution in [3.05, 3.63) is 35.9 Å². The zero-order valence-corrected chi connectivity index (χ0v) is 17.9. The zero-order chi connectivity index (χ0) is 22.0. The molecule has 30 heavy (non-hydrogen) atoms. The van der Waals surface area contributed by atoms with E-state index in [2.05, 4.69) is 17.6 Å².